The van der Waals surface area contributed by atoms with E-state index in [4.69, 9.17) is 0 Å². The first-order valence-electron chi connectivity index (χ1n) is 7.03. The molecule has 1 aromatic carbocycles. The molecule has 0 atom stereocenters. The number of nitrogens with one attached hydrogen (secondary N) is 1. The van der Waals surface area contributed by atoms with Crippen LogP contribution in [0.5, 0.6) is 0 Å². The molecule has 1 amide bonds. The largest absolute Gasteiger partial charge is 0.340 e. The molecule has 1 saturated heterocycles. The van der Waals surface area contributed by atoms with Crippen molar-refractivity contribution in [1.82, 2.24) is 15.1 Å². The van der Waals surface area contributed by atoms with Crippen LogP contribution in [0.1, 0.15) is 10.4 Å². The van der Waals surface area contributed by atoms with Crippen LogP contribution in [0.25, 0.3) is 0 Å². The fourth-order valence-corrected chi connectivity index (χ4v) is 2.69. The van der Waals surface area contributed by atoms with Gasteiger partial charge in [0.25, 0.3) is 5.91 Å². The topological polar surface area (TPSA) is 35.6 Å². The molecule has 5 heteroatoms. The lowest BCUT2D eigenvalue weighted by atomic mass is 10.2. The Morgan fingerprint density at radius 1 is 1.30 bits per heavy atom. The number of thioether (sulfide) groups is 1. The summed E-state index contributed by atoms with van der Waals surface area (Å²) in [4.78, 5) is 17.7. The van der Waals surface area contributed by atoms with Crippen molar-refractivity contribution in [2.24, 2.45) is 0 Å². The molecule has 1 N–H and O–H groups in total. The monoisotopic (exact) mass is 293 g/mol. The molecule has 1 aliphatic rings. The molecular formula is C15H23N3OS. The molecule has 0 aliphatic carbocycles. The summed E-state index contributed by atoms with van der Waals surface area (Å²) >= 11 is 1.69. The molecule has 0 bridgehead atoms. The number of nitrogens with zero attached hydrogens (tertiary/aromatic N) is 2. The van der Waals surface area contributed by atoms with E-state index in [1.807, 2.05) is 42.5 Å². The van der Waals surface area contributed by atoms with Gasteiger partial charge in [0.15, 0.2) is 0 Å². The first-order chi connectivity index (χ1) is 9.70. The first kappa shape index (κ1) is 15.4. The van der Waals surface area contributed by atoms with Gasteiger partial charge in [-0.3, -0.25) is 9.69 Å². The lowest BCUT2D eigenvalue weighted by molar-refractivity contribution is 0.0775. The molecule has 1 fully saturated rings. The number of hydrogen-bond donors (Lipinski definition) is 1. The zero-order valence-electron chi connectivity index (χ0n) is 12.3. The molecule has 20 heavy (non-hydrogen) atoms. The molecule has 0 aromatic heterocycles. The van der Waals surface area contributed by atoms with Crippen molar-refractivity contribution in [2.75, 3.05) is 52.6 Å². The highest BCUT2D eigenvalue weighted by Crippen LogP contribution is 2.15. The minimum absolute atomic E-state index is 0.104. The third-order valence-corrected chi connectivity index (χ3v) is 4.39. The predicted octanol–water partition coefficient (Wildman–Crippen LogP) is 1.39. The van der Waals surface area contributed by atoms with E-state index in [1.54, 1.807) is 11.8 Å². The van der Waals surface area contributed by atoms with Gasteiger partial charge in [-0.1, -0.05) is 0 Å². The van der Waals surface area contributed by atoms with Crippen LogP contribution in [0.3, 0.4) is 0 Å². The Kier molecular flexibility index (Phi) is 5.88. The summed E-state index contributed by atoms with van der Waals surface area (Å²) in [6.45, 7) is 5.98. The standard InChI is InChI=1S/C15H23N3OS/c1-17(11-12-18-9-7-16-8-10-18)15(19)13-3-5-14(20-2)6-4-13/h3-6,16H,7-12H2,1-2H3. The van der Waals surface area contributed by atoms with E-state index >= 15 is 0 Å². The van der Waals surface area contributed by atoms with Crippen LogP contribution >= 0.6 is 11.8 Å². The Hall–Kier alpha value is -1.04. The van der Waals surface area contributed by atoms with E-state index in [9.17, 15) is 4.79 Å². The highest BCUT2D eigenvalue weighted by atomic mass is 32.2. The fraction of sp³-hybridized carbons (Fsp3) is 0.533. The Balaban J connectivity index is 1.83. The summed E-state index contributed by atoms with van der Waals surface area (Å²) < 4.78 is 0. The van der Waals surface area contributed by atoms with Gasteiger partial charge in [0.1, 0.15) is 0 Å². The third-order valence-electron chi connectivity index (χ3n) is 3.64. The third kappa shape index (κ3) is 4.23. The Morgan fingerprint density at radius 3 is 2.55 bits per heavy atom. The van der Waals surface area contributed by atoms with E-state index in [2.05, 4.69) is 10.2 Å². The van der Waals surface area contributed by atoms with E-state index in [1.165, 1.54) is 4.90 Å². The van der Waals surface area contributed by atoms with Gasteiger partial charge in [-0.15, -0.1) is 11.8 Å². The van der Waals surface area contributed by atoms with Crippen LogP contribution in [0.15, 0.2) is 29.2 Å². The highest BCUT2D eigenvalue weighted by Gasteiger charge is 2.14. The zero-order chi connectivity index (χ0) is 14.4. The number of carbonyl (C=O) groups excluding carboxylic acids is 1. The summed E-state index contributed by atoms with van der Waals surface area (Å²) in [6.07, 6.45) is 2.04. The number of likely N-dealkylation sites (N-methyl/N-ethyl adjacent to an activating group) is 1. The minimum atomic E-state index is 0.104. The molecule has 0 saturated carbocycles. The normalized spacial score (nSPS) is 16.1. The van der Waals surface area contributed by atoms with E-state index in [-0.39, 0.29) is 5.91 Å². The minimum Gasteiger partial charge on any atom is -0.340 e. The number of piperazine rings is 1. The molecule has 110 valence electrons. The van der Waals surface area contributed by atoms with Crippen LogP contribution in [0.4, 0.5) is 0 Å². The predicted molar refractivity (Wildman–Crippen MR) is 84.5 cm³/mol. The fourth-order valence-electron chi connectivity index (χ4n) is 2.28. The maximum atomic E-state index is 12.3. The van der Waals surface area contributed by atoms with E-state index in [0.717, 1.165) is 44.8 Å². The van der Waals surface area contributed by atoms with Crippen molar-refractivity contribution in [1.29, 1.82) is 0 Å². The summed E-state index contributed by atoms with van der Waals surface area (Å²) in [6, 6.07) is 7.83. The van der Waals surface area contributed by atoms with Gasteiger partial charge in [0.05, 0.1) is 0 Å². The Labute approximate surface area is 125 Å². The lowest BCUT2D eigenvalue weighted by Gasteiger charge is -2.29. The molecule has 0 radical (unpaired) electrons. The molecule has 1 aromatic rings. The number of benzene rings is 1. The molecular weight excluding hydrogens is 270 g/mol. The SMILES string of the molecule is CSc1ccc(C(=O)N(C)CCN2CCNCC2)cc1. The second kappa shape index (κ2) is 7.67. The van der Waals surface area contributed by atoms with Gasteiger partial charge in [0, 0.05) is 56.8 Å². The van der Waals surface area contributed by atoms with Crippen molar-refractivity contribution >= 4 is 17.7 Å². The maximum Gasteiger partial charge on any atom is 0.253 e. The van der Waals surface area contributed by atoms with Crippen molar-refractivity contribution in [3.8, 4) is 0 Å². The number of rotatable bonds is 5. The first-order valence-corrected chi connectivity index (χ1v) is 8.26. The van der Waals surface area contributed by atoms with Gasteiger partial charge < -0.3 is 10.2 Å². The average molecular weight is 293 g/mol. The average Bonchev–Trinajstić information content (AvgIpc) is 2.53. The highest BCUT2D eigenvalue weighted by molar-refractivity contribution is 7.98. The van der Waals surface area contributed by atoms with Gasteiger partial charge in [0.2, 0.25) is 0 Å². The number of carbonyl (C=O) groups is 1. The van der Waals surface area contributed by atoms with Crippen molar-refractivity contribution in [3.63, 3.8) is 0 Å². The Bertz CT molecular complexity index is 429. The smallest absolute Gasteiger partial charge is 0.253 e. The van der Waals surface area contributed by atoms with Crippen LogP contribution in [0, 0.1) is 0 Å². The van der Waals surface area contributed by atoms with Crippen LogP contribution in [0.2, 0.25) is 0 Å². The maximum absolute atomic E-state index is 12.3. The molecule has 1 aliphatic heterocycles. The van der Waals surface area contributed by atoms with Gasteiger partial charge in [-0.25, -0.2) is 0 Å². The summed E-state index contributed by atoms with van der Waals surface area (Å²) in [5, 5.41) is 3.34. The zero-order valence-corrected chi connectivity index (χ0v) is 13.1. The Morgan fingerprint density at radius 2 is 1.95 bits per heavy atom. The van der Waals surface area contributed by atoms with Crippen LogP contribution in [-0.4, -0.2) is 68.3 Å². The van der Waals surface area contributed by atoms with Gasteiger partial charge in [-0.05, 0) is 30.5 Å². The molecule has 4 nitrogen and oxygen atoms in total. The van der Waals surface area contributed by atoms with Crippen molar-refractivity contribution in [2.45, 2.75) is 4.90 Å². The second-order valence-electron chi connectivity index (χ2n) is 5.05. The van der Waals surface area contributed by atoms with Gasteiger partial charge in [-0.2, -0.15) is 0 Å². The second-order valence-corrected chi connectivity index (χ2v) is 5.93. The number of amides is 1. The van der Waals surface area contributed by atoms with E-state index in [0.29, 0.717) is 0 Å². The quantitative estimate of drug-likeness (QED) is 0.832. The van der Waals surface area contributed by atoms with Crippen LogP contribution in [-0.2, 0) is 0 Å². The van der Waals surface area contributed by atoms with Crippen molar-refractivity contribution < 1.29 is 4.79 Å². The molecule has 0 unspecified atom stereocenters. The van der Waals surface area contributed by atoms with Crippen molar-refractivity contribution in [3.05, 3.63) is 29.8 Å². The van der Waals surface area contributed by atoms with E-state index < -0.39 is 0 Å². The van der Waals surface area contributed by atoms with Crippen LogP contribution < -0.4 is 5.32 Å². The number of hydrogen-bond acceptors (Lipinski definition) is 4. The molecule has 1 heterocycles. The molecule has 0 spiro atoms. The summed E-state index contributed by atoms with van der Waals surface area (Å²) in [5.41, 5.74) is 0.769. The summed E-state index contributed by atoms with van der Waals surface area (Å²) in [7, 11) is 1.88. The van der Waals surface area contributed by atoms with Gasteiger partial charge >= 0.3 is 0 Å². The summed E-state index contributed by atoms with van der Waals surface area (Å²) in [5.74, 6) is 0.104. The lowest BCUT2D eigenvalue weighted by Crippen LogP contribution is -2.46. The molecule has 2 rings (SSSR count).